The van der Waals surface area contributed by atoms with Gasteiger partial charge in [-0.25, -0.2) is 4.79 Å². The van der Waals surface area contributed by atoms with Gasteiger partial charge in [0.2, 0.25) is 17.7 Å². The van der Waals surface area contributed by atoms with Crippen LogP contribution in [0.1, 0.15) is 30.5 Å². The van der Waals surface area contributed by atoms with Crippen LogP contribution < -0.4 is 21.7 Å². The molecule has 0 aliphatic rings. The molecule has 0 bridgehead atoms. The van der Waals surface area contributed by atoms with Crippen LogP contribution in [0.2, 0.25) is 0 Å². The third kappa shape index (κ3) is 9.74. The van der Waals surface area contributed by atoms with E-state index in [1.54, 1.807) is 26.0 Å². The monoisotopic (exact) mass is 574 g/mol. The van der Waals surface area contributed by atoms with E-state index in [2.05, 4.69) is 16.0 Å². The van der Waals surface area contributed by atoms with Crippen LogP contribution in [0.15, 0.2) is 84.9 Å². The molecule has 3 amide bonds. The SMILES string of the molecule is CC(C)C(NC(=O)C(Cc1ccccc1)NC(=O)C(N)Cc1ccccc1)C(=O)NC(Cc1ccc(O)cc1)C(=O)O. The maximum atomic E-state index is 13.5. The highest BCUT2D eigenvalue weighted by Crippen LogP contribution is 2.13. The van der Waals surface area contributed by atoms with Crippen molar-refractivity contribution < 1.29 is 29.4 Å². The summed E-state index contributed by atoms with van der Waals surface area (Å²) in [5.74, 6) is -3.39. The van der Waals surface area contributed by atoms with E-state index in [0.717, 1.165) is 11.1 Å². The number of amides is 3. The average Bonchev–Trinajstić information content (AvgIpc) is 2.96. The number of aromatic hydroxyl groups is 1. The molecule has 10 heteroatoms. The van der Waals surface area contributed by atoms with Crippen molar-refractivity contribution in [1.82, 2.24) is 16.0 Å². The molecule has 0 saturated heterocycles. The van der Waals surface area contributed by atoms with Crippen molar-refractivity contribution in [3.63, 3.8) is 0 Å². The van der Waals surface area contributed by atoms with Crippen molar-refractivity contribution in [3.8, 4) is 5.75 Å². The fourth-order valence-corrected chi connectivity index (χ4v) is 4.42. The van der Waals surface area contributed by atoms with E-state index < -0.39 is 53.8 Å². The maximum absolute atomic E-state index is 13.5. The lowest BCUT2D eigenvalue weighted by Gasteiger charge is -2.27. The average molecular weight is 575 g/mol. The van der Waals surface area contributed by atoms with E-state index in [1.807, 2.05) is 60.7 Å². The van der Waals surface area contributed by atoms with Crippen LogP contribution in [-0.2, 0) is 38.4 Å². The van der Waals surface area contributed by atoms with Gasteiger partial charge in [0.1, 0.15) is 23.9 Å². The minimum Gasteiger partial charge on any atom is -0.508 e. The Morgan fingerprint density at radius 1 is 0.643 bits per heavy atom. The zero-order valence-electron chi connectivity index (χ0n) is 23.7. The summed E-state index contributed by atoms with van der Waals surface area (Å²) in [5.41, 5.74) is 8.43. The molecule has 0 aromatic heterocycles. The number of carboxylic acids is 1. The molecule has 0 fully saturated rings. The number of phenolic OH excluding ortho intramolecular Hbond substituents is 1. The Balaban J connectivity index is 1.73. The van der Waals surface area contributed by atoms with E-state index in [9.17, 15) is 29.4 Å². The summed E-state index contributed by atoms with van der Waals surface area (Å²) in [7, 11) is 0. The number of hydrogen-bond donors (Lipinski definition) is 6. The first-order valence-electron chi connectivity index (χ1n) is 13.8. The van der Waals surface area contributed by atoms with Crippen LogP contribution in [0.3, 0.4) is 0 Å². The number of carbonyl (C=O) groups is 4. The molecule has 3 aromatic rings. The van der Waals surface area contributed by atoms with Crippen LogP contribution in [0.4, 0.5) is 0 Å². The molecule has 0 heterocycles. The van der Waals surface area contributed by atoms with Gasteiger partial charge in [0, 0.05) is 12.8 Å². The standard InChI is InChI=1S/C32H38N4O6/c1-20(2)28(31(40)35-27(32(41)42)19-23-13-15-24(37)16-14-23)36-30(39)26(18-22-11-7-4-8-12-22)34-29(38)25(33)17-21-9-5-3-6-10-21/h3-16,20,25-28,37H,17-19,33H2,1-2H3,(H,34,38)(H,35,40)(H,36,39)(H,41,42). The topological polar surface area (TPSA) is 171 Å². The van der Waals surface area contributed by atoms with E-state index in [-0.39, 0.29) is 25.0 Å². The highest BCUT2D eigenvalue weighted by atomic mass is 16.4. The van der Waals surface area contributed by atoms with E-state index in [4.69, 9.17) is 5.73 Å². The van der Waals surface area contributed by atoms with E-state index in [0.29, 0.717) is 5.56 Å². The second kappa shape index (κ2) is 15.3. The van der Waals surface area contributed by atoms with Crippen LogP contribution in [0.25, 0.3) is 0 Å². The number of phenols is 1. The third-order valence-corrected chi connectivity index (χ3v) is 6.79. The lowest BCUT2D eigenvalue weighted by molar-refractivity contribution is -0.142. The zero-order valence-corrected chi connectivity index (χ0v) is 23.7. The number of benzene rings is 3. The molecule has 3 aromatic carbocycles. The summed E-state index contributed by atoms with van der Waals surface area (Å²) < 4.78 is 0. The molecule has 222 valence electrons. The van der Waals surface area contributed by atoms with Gasteiger partial charge in [-0.1, -0.05) is 86.6 Å². The Labute approximate surface area is 245 Å². The summed E-state index contributed by atoms with van der Waals surface area (Å²) in [6.45, 7) is 3.45. The van der Waals surface area contributed by atoms with Gasteiger partial charge in [0.05, 0.1) is 6.04 Å². The molecule has 0 saturated carbocycles. The van der Waals surface area contributed by atoms with Crippen molar-refractivity contribution in [2.75, 3.05) is 0 Å². The highest BCUT2D eigenvalue weighted by Gasteiger charge is 2.32. The predicted octanol–water partition coefficient (Wildman–Crippen LogP) is 1.94. The van der Waals surface area contributed by atoms with Gasteiger partial charge in [-0.15, -0.1) is 0 Å². The van der Waals surface area contributed by atoms with E-state index in [1.165, 1.54) is 12.1 Å². The van der Waals surface area contributed by atoms with Crippen LogP contribution in [0, 0.1) is 5.92 Å². The first-order valence-corrected chi connectivity index (χ1v) is 13.8. The highest BCUT2D eigenvalue weighted by molar-refractivity contribution is 5.94. The summed E-state index contributed by atoms with van der Waals surface area (Å²) in [6, 6.07) is 20.1. The first-order chi connectivity index (χ1) is 20.0. The molecule has 0 spiro atoms. The number of nitrogens with one attached hydrogen (secondary N) is 3. The fourth-order valence-electron chi connectivity index (χ4n) is 4.42. The lowest BCUT2D eigenvalue weighted by Crippen LogP contribution is -2.59. The third-order valence-electron chi connectivity index (χ3n) is 6.79. The maximum Gasteiger partial charge on any atom is 0.326 e. The normalized spacial score (nSPS) is 13.8. The molecule has 4 unspecified atom stereocenters. The van der Waals surface area contributed by atoms with Crippen LogP contribution >= 0.6 is 0 Å². The zero-order chi connectivity index (χ0) is 30.6. The molecule has 42 heavy (non-hydrogen) atoms. The van der Waals surface area contributed by atoms with Gasteiger partial charge >= 0.3 is 5.97 Å². The second-order valence-electron chi connectivity index (χ2n) is 10.5. The minimum atomic E-state index is -1.27. The Bertz CT molecular complexity index is 1330. The van der Waals surface area contributed by atoms with Gasteiger partial charge in [0.15, 0.2) is 0 Å². The molecule has 4 atom stereocenters. The lowest BCUT2D eigenvalue weighted by atomic mass is 9.99. The minimum absolute atomic E-state index is 0.0217. The Hall–Kier alpha value is -4.70. The summed E-state index contributed by atoms with van der Waals surface area (Å²) in [5, 5.41) is 27.2. The van der Waals surface area contributed by atoms with Crippen molar-refractivity contribution in [1.29, 1.82) is 0 Å². The molecule has 10 nitrogen and oxygen atoms in total. The van der Waals surface area contributed by atoms with Crippen LogP contribution in [0.5, 0.6) is 5.75 Å². The summed E-state index contributed by atoms with van der Waals surface area (Å²) >= 11 is 0. The number of rotatable bonds is 14. The summed E-state index contributed by atoms with van der Waals surface area (Å²) in [6.07, 6.45) is 0.411. The number of carboxylic acid groups (broad SMARTS) is 1. The molecule has 0 aliphatic carbocycles. The second-order valence-corrected chi connectivity index (χ2v) is 10.5. The number of aliphatic carboxylic acids is 1. The van der Waals surface area contributed by atoms with Crippen molar-refractivity contribution in [2.45, 2.75) is 57.3 Å². The van der Waals surface area contributed by atoms with Crippen LogP contribution in [-0.4, -0.2) is 58.1 Å². The van der Waals surface area contributed by atoms with Crippen molar-refractivity contribution in [2.24, 2.45) is 11.7 Å². The van der Waals surface area contributed by atoms with Gasteiger partial charge < -0.3 is 31.9 Å². The number of hydrogen-bond acceptors (Lipinski definition) is 6. The van der Waals surface area contributed by atoms with Gasteiger partial charge in [-0.05, 0) is 41.2 Å². The summed E-state index contributed by atoms with van der Waals surface area (Å²) in [4.78, 5) is 51.8. The number of nitrogens with two attached hydrogens (primary N) is 1. The molecule has 7 N–H and O–H groups in total. The molecular weight excluding hydrogens is 536 g/mol. The first kappa shape index (κ1) is 31.8. The Morgan fingerprint density at radius 3 is 1.64 bits per heavy atom. The van der Waals surface area contributed by atoms with Gasteiger partial charge in [-0.3, -0.25) is 14.4 Å². The Morgan fingerprint density at radius 2 is 1.12 bits per heavy atom. The smallest absolute Gasteiger partial charge is 0.326 e. The van der Waals surface area contributed by atoms with Gasteiger partial charge in [0.25, 0.3) is 0 Å². The van der Waals surface area contributed by atoms with Crippen molar-refractivity contribution in [3.05, 3.63) is 102 Å². The quantitative estimate of drug-likeness (QED) is 0.171. The number of carbonyl (C=O) groups excluding carboxylic acids is 3. The largest absolute Gasteiger partial charge is 0.508 e. The molecule has 0 radical (unpaired) electrons. The van der Waals surface area contributed by atoms with E-state index >= 15 is 0 Å². The fraction of sp³-hybridized carbons (Fsp3) is 0.312. The van der Waals surface area contributed by atoms with Gasteiger partial charge in [-0.2, -0.15) is 0 Å². The predicted molar refractivity (Wildman–Crippen MR) is 158 cm³/mol. The molecule has 0 aliphatic heterocycles. The molecule has 3 rings (SSSR count). The molecular formula is C32H38N4O6. The van der Waals surface area contributed by atoms with Crippen molar-refractivity contribution >= 4 is 23.7 Å². The Kier molecular flexibility index (Phi) is 11.6.